The van der Waals surface area contributed by atoms with Gasteiger partial charge in [0.15, 0.2) is 0 Å². The van der Waals surface area contributed by atoms with Gasteiger partial charge < -0.3 is 19.5 Å². The molecule has 162 valence electrons. The van der Waals surface area contributed by atoms with Crippen LogP contribution in [-0.4, -0.2) is 42.1 Å². The van der Waals surface area contributed by atoms with Crippen molar-refractivity contribution in [3.8, 4) is 5.75 Å². The molecular weight excluding hydrogens is 414 g/mol. The smallest absolute Gasteiger partial charge is 0.255 e. The number of carbonyl (C=O) groups excluding carboxylic acids is 2. The number of likely N-dealkylation sites (N-methyl/N-ethyl adjacent to an activating group) is 1. The number of ether oxygens (including phenoxy) is 1. The van der Waals surface area contributed by atoms with Crippen LogP contribution in [0.1, 0.15) is 28.7 Å². The van der Waals surface area contributed by atoms with Crippen LogP contribution in [0, 0.1) is 6.92 Å². The number of amides is 2. The number of hydrogen-bond acceptors (Lipinski definition) is 6. The van der Waals surface area contributed by atoms with E-state index < -0.39 is 0 Å². The lowest BCUT2D eigenvalue weighted by molar-refractivity contribution is -0.116. The summed E-state index contributed by atoms with van der Waals surface area (Å²) in [6.07, 6.45) is 0. The first-order valence-electron chi connectivity index (χ1n) is 9.87. The molecule has 1 heterocycles. The second-order valence-electron chi connectivity index (χ2n) is 6.82. The number of benzene rings is 2. The summed E-state index contributed by atoms with van der Waals surface area (Å²) in [5.41, 5.74) is 1.99. The van der Waals surface area contributed by atoms with Gasteiger partial charge in [0.25, 0.3) is 5.91 Å². The second kappa shape index (κ2) is 10.7. The number of aryl methyl sites for hydroxylation is 1. The molecule has 3 rings (SSSR count). The maximum atomic E-state index is 13.2. The molecule has 0 fully saturated rings. The molecule has 0 saturated carbocycles. The maximum Gasteiger partial charge on any atom is 0.255 e. The highest BCUT2D eigenvalue weighted by Crippen LogP contribution is 2.27. The lowest BCUT2D eigenvalue weighted by atomic mass is 10.2. The third kappa shape index (κ3) is 6.11. The minimum Gasteiger partial charge on any atom is -0.497 e. The molecule has 3 aromatic rings. The van der Waals surface area contributed by atoms with E-state index in [0.29, 0.717) is 29.3 Å². The number of hydrogen-bond donors (Lipinski definition) is 1. The minimum absolute atomic E-state index is 0.0488. The molecule has 0 bridgehead atoms. The zero-order chi connectivity index (χ0) is 22.2. The molecule has 2 aromatic carbocycles. The van der Waals surface area contributed by atoms with Crippen molar-refractivity contribution in [3.05, 3.63) is 71.6 Å². The average molecular weight is 440 g/mol. The zero-order valence-corrected chi connectivity index (χ0v) is 18.6. The highest BCUT2D eigenvalue weighted by molar-refractivity contribution is 7.98. The third-order valence-corrected chi connectivity index (χ3v) is 5.62. The first-order chi connectivity index (χ1) is 15.0. The number of anilines is 1. The number of methoxy groups -OCH3 is 1. The van der Waals surface area contributed by atoms with Crippen LogP contribution in [0.3, 0.4) is 0 Å². The summed E-state index contributed by atoms with van der Waals surface area (Å²) in [7, 11) is 1.57. The van der Waals surface area contributed by atoms with Gasteiger partial charge in [-0.1, -0.05) is 23.4 Å². The van der Waals surface area contributed by atoms with Crippen LogP contribution >= 0.6 is 11.8 Å². The lowest BCUT2D eigenvalue weighted by Crippen LogP contribution is -2.38. The van der Waals surface area contributed by atoms with Gasteiger partial charge in [-0.3, -0.25) is 9.59 Å². The zero-order valence-electron chi connectivity index (χ0n) is 17.8. The fourth-order valence-electron chi connectivity index (χ4n) is 2.97. The van der Waals surface area contributed by atoms with Crippen LogP contribution in [-0.2, 0) is 10.5 Å². The van der Waals surface area contributed by atoms with Gasteiger partial charge in [0.2, 0.25) is 5.91 Å². The minimum atomic E-state index is -0.272. The van der Waals surface area contributed by atoms with Gasteiger partial charge in [-0.15, -0.1) is 11.8 Å². The van der Waals surface area contributed by atoms with Crippen LogP contribution < -0.4 is 10.1 Å². The number of thioether (sulfide) groups is 1. The molecule has 0 atom stereocenters. The fourth-order valence-corrected chi connectivity index (χ4v) is 3.89. The topological polar surface area (TPSA) is 84.7 Å². The van der Waals surface area contributed by atoms with Crippen molar-refractivity contribution < 1.29 is 18.8 Å². The molecule has 0 unspecified atom stereocenters. The molecule has 0 spiro atoms. The normalized spacial score (nSPS) is 10.5. The van der Waals surface area contributed by atoms with Crippen LogP contribution in [0.5, 0.6) is 5.75 Å². The van der Waals surface area contributed by atoms with Gasteiger partial charge in [0.05, 0.1) is 24.1 Å². The van der Waals surface area contributed by atoms with E-state index in [9.17, 15) is 9.59 Å². The summed E-state index contributed by atoms with van der Waals surface area (Å²) < 4.78 is 10.4. The Morgan fingerprint density at radius 2 is 1.97 bits per heavy atom. The van der Waals surface area contributed by atoms with Gasteiger partial charge in [-0.2, -0.15) is 0 Å². The van der Waals surface area contributed by atoms with Crippen molar-refractivity contribution in [1.82, 2.24) is 10.1 Å². The van der Waals surface area contributed by atoms with E-state index >= 15 is 0 Å². The van der Waals surface area contributed by atoms with Crippen molar-refractivity contribution in [3.63, 3.8) is 0 Å². The quantitative estimate of drug-likeness (QED) is 0.498. The summed E-state index contributed by atoms with van der Waals surface area (Å²) in [6, 6.07) is 16.3. The van der Waals surface area contributed by atoms with Crippen LogP contribution in [0.25, 0.3) is 0 Å². The Hall–Kier alpha value is -3.26. The van der Waals surface area contributed by atoms with E-state index in [1.807, 2.05) is 38.1 Å². The van der Waals surface area contributed by atoms with Gasteiger partial charge in [0, 0.05) is 29.3 Å². The van der Waals surface area contributed by atoms with Gasteiger partial charge in [0.1, 0.15) is 18.1 Å². The van der Waals surface area contributed by atoms with Gasteiger partial charge >= 0.3 is 0 Å². The second-order valence-corrected chi connectivity index (χ2v) is 7.84. The molecule has 0 aliphatic rings. The molecular formula is C23H25N3O4S. The maximum absolute atomic E-state index is 13.2. The van der Waals surface area contributed by atoms with Crippen molar-refractivity contribution >= 4 is 29.3 Å². The number of nitrogens with zero attached hydrogens (tertiary/aromatic N) is 2. The molecule has 0 aliphatic carbocycles. The number of carbonyl (C=O) groups is 2. The largest absolute Gasteiger partial charge is 0.497 e. The van der Waals surface area contributed by atoms with E-state index in [2.05, 4.69) is 10.5 Å². The Kier molecular flexibility index (Phi) is 7.72. The van der Waals surface area contributed by atoms with Crippen LogP contribution in [0.4, 0.5) is 5.69 Å². The van der Waals surface area contributed by atoms with Crippen molar-refractivity contribution in [1.29, 1.82) is 0 Å². The number of aromatic nitrogens is 1. The van der Waals surface area contributed by atoms with E-state index in [1.54, 1.807) is 37.4 Å². The highest BCUT2D eigenvalue weighted by atomic mass is 32.2. The number of nitrogens with one attached hydrogen (secondary N) is 1. The predicted molar refractivity (Wildman–Crippen MR) is 120 cm³/mol. The highest BCUT2D eigenvalue weighted by Gasteiger charge is 2.20. The van der Waals surface area contributed by atoms with Crippen molar-refractivity contribution in [2.45, 2.75) is 24.5 Å². The average Bonchev–Trinajstić information content (AvgIpc) is 3.21. The molecule has 0 radical (unpaired) electrons. The van der Waals surface area contributed by atoms with Gasteiger partial charge in [-0.05, 0) is 38.1 Å². The molecule has 0 saturated heterocycles. The Morgan fingerprint density at radius 1 is 1.16 bits per heavy atom. The summed E-state index contributed by atoms with van der Waals surface area (Å²) in [5, 5.41) is 6.70. The first-order valence-corrected chi connectivity index (χ1v) is 10.9. The molecule has 2 amide bonds. The molecule has 8 heteroatoms. The van der Waals surface area contributed by atoms with Crippen LogP contribution in [0.15, 0.2) is 64.0 Å². The summed E-state index contributed by atoms with van der Waals surface area (Å²) in [6.45, 7) is 4.08. The molecule has 7 nitrogen and oxygen atoms in total. The Morgan fingerprint density at radius 3 is 2.68 bits per heavy atom. The van der Waals surface area contributed by atoms with E-state index in [0.717, 1.165) is 16.3 Å². The summed E-state index contributed by atoms with van der Waals surface area (Å²) in [5.74, 6) is 1.49. The predicted octanol–water partition coefficient (Wildman–Crippen LogP) is 4.38. The Labute approximate surface area is 185 Å². The van der Waals surface area contributed by atoms with Crippen LogP contribution in [0.2, 0.25) is 0 Å². The van der Waals surface area contributed by atoms with Crippen molar-refractivity contribution in [2.24, 2.45) is 0 Å². The molecule has 0 aliphatic heterocycles. The van der Waals surface area contributed by atoms with Crippen molar-refractivity contribution in [2.75, 3.05) is 25.5 Å². The van der Waals surface area contributed by atoms with E-state index in [-0.39, 0.29) is 18.4 Å². The monoisotopic (exact) mass is 439 g/mol. The standard InChI is InChI=1S/C23H25N3O4S/c1-4-26(14-22(27)24-17-8-7-9-18(13-17)29-3)23(28)20-10-5-6-11-21(20)31-15-19-12-16(2)25-30-19/h5-13H,4,14-15H2,1-3H3,(H,24,27). The fraction of sp³-hybridized carbons (Fsp3) is 0.261. The molecule has 1 aromatic heterocycles. The van der Waals surface area contributed by atoms with Gasteiger partial charge in [-0.25, -0.2) is 0 Å². The Balaban J connectivity index is 1.67. The summed E-state index contributed by atoms with van der Waals surface area (Å²) >= 11 is 1.50. The third-order valence-electron chi connectivity index (χ3n) is 4.52. The molecule has 31 heavy (non-hydrogen) atoms. The first kappa shape index (κ1) is 22.4. The SMILES string of the molecule is CCN(CC(=O)Nc1cccc(OC)c1)C(=O)c1ccccc1SCc1cc(C)no1. The summed E-state index contributed by atoms with van der Waals surface area (Å²) in [4.78, 5) is 28.1. The van der Waals surface area contributed by atoms with E-state index in [1.165, 1.54) is 16.7 Å². The Bertz CT molecular complexity index is 1050. The molecule has 1 N–H and O–H groups in total. The number of rotatable bonds is 9. The lowest BCUT2D eigenvalue weighted by Gasteiger charge is -2.21. The van der Waals surface area contributed by atoms with E-state index in [4.69, 9.17) is 9.26 Å².